The number of phenolic OH excluding ortho intramolecular Hbond substituents is 2. The van der Waals surface area contributed by atoms with Crippen molar-refractivity contribution in [2.75, 3.05) is 19.8 Å². The molecule has 0 radical (unpaired) electrons. The van der Waals surface area contributed by atoms with E-state index in [0.717, 1.165) is 97.1 Å². The maximum Gasteiger partial charge on any atom is 0.349 e. The molecule has 10 aliphatic carbocycles. The van der Waals surface area contributed by atoms with Crippen molar-refractivity contribution in [1.82, 2.24) is 0 Å². The molecule has 12 aromatic carbocycles. The second-order valence-electron chi connectivity index (χ2n) is 45.0. The average molecular weight is 2070 g/mol. The molecular formula is C135H172O13S2. The normalized spacial score (nSPS) is 21.4. The predicted octanol–water partition coefficient (Wildman–Crippen LogP) is 35.8. The molecule has 12 aromatic rings. The molecule has 0 aliphatic heterocycles. The Balaban J connectivity index is 0.000000142. The van der Waals surface area contributed by atoms with Crippen molar-refractivity contribution < 1.29 is 61.1 Å². The maximum absolute atomic E-state index is 12.1. The summed E-state index contributed by atoms with van der Waals surface area (Å²) in [7, 11) is -4.53. The van der Waals surface area contributed by atoms with Crippen LogP contribution in [-0.4, -0.2) is 61.6 Å². The van der Waals surface area contributed by atoms with Crippen molar-refractivity contribution >= 4 is 37.8 Å². The van der Waals surface area contributed by atoms with E-state index in [2.05, 4.69) is 259 Å². The molecule has 10 fully saturated rings. The number of benzene rings is 12. The number of aromatic hydroxyl groups is 2. The van der Waals surface area contributed by atoms with Crippen LogP contribution in [0, 0.1) is 58.2 Å². The number of carbonyl (C=O) groups excluding carboxylic acids is 1. The first-order valence-corrected chi connectivity index (χ1v) is 59.8. The largest absolute Gasteiger partial charge is 0.744 e. The van der Waals surface area contributed by atoms with Gasteiger partial charge in [0.2, 0.25) is 12.6 Å². The third kappa shape index (κ3) is 34.2. The van der Waals surface area contributed by atoms with Gasteiger partial charge in [-0.2, -0.15) is 0 Å². The summed E-state index contributed by atoms with van der Waals surface area (Å²) < 4.78 is 76.7. The molecule has 15 heteroatoms. The highest BCUT2D eigenvalue weighted by atomic mass is 32.2. The molecule has 0 saturated heterocycles. The fourth-order valence-corrected chi connectivity index (χ4v) is 27.2. The molecule has 10 saturated carbocycles. The van der Waals surface area contributed by atoms with Gasteiger partial charge in [-0.3, -0.25) is 0 Å². The molecule has 2 N–H and O–H groups in total. The van der Waals surface area contributed by atoms with Gasteiger partial charge in [0, 0.05) is 10.8 Å². The number of hydrogen-bond donors (Lipinski definition) is 2. The molecule has 8 atom stereocenters. The van der Waals surface area contributed by atoms with E-state index in [1.54, 1.807) is 36.4 Å². The lowest BCUT2D eigenvalue weighted by molar-refractivity contribution is -0.216. The van der Waals surface area contributed by atoms with E-state index in [1.807, 2.05) is 66.7 Å². The topological polar surface area (TPSA) is 179 Å². The van der Waals surface area contributed by atoms with E-state index in [4.69, 9.17) is 43.4 Å². The van der Waals surface area contributed by atoms with Crippen LogP contribution in [0.15, 0.2) is 323 Å². The Morgan fingerprint density at radius 2 is 0.633 bits per heavy atom. The van der Waals surface area contributed by atoms with Gasteiger partial charge in [-0.25, -0.2) is 13.2 Å². The van der Waals surface area contributed by atoms with Crippen molar-refractivity contribution in [3.8, 4) is 40.2 Å². The van der Waals surface area contributed by atoms with Crippen LogP contribution in [-0.2, 0) is 41.9 Å². The fraction of sp³-hybridized carbons (Fsp3) is 0.474. The molecule has 0 amide bonds. The molecule has 8 bridgehead atoms. The first-order valence-electron chi connectivity index (χ1n) is 57.2. The van der Waals surface area contributed by atoms with Gasteiger partial charge >= 0.3 is 5.97 Å². The maximum atomic E-state index is 12.1. The second kappa shape index (κ2) is 57.9. The van der Waals surface area contributed by atoms with Crippen LogP contribution in [0.25, 0.3) is 10.8 Å². The monoisotopic (exact) mass is 2070 g/mol. The summed E-state index contributed by atoms with van der Waals surface area (Å²) in [5, 5.41) is 19.2. The molecule has 22 rings (SSSR count). The number of ether oxygens (including phenoxy) is 7. The zero-order valence-corrected chi connectivity index (χ0v) is 93.5. The van der Waals surface area contributed by atoms with Crippen LogP contribution < -0.4 is 23.7 Å². The Kier molecular flexibility index (Phi) is 44.3. The molecule has 0 aromatic heterocycles. The van der Waals surface area contributed by atoms with Crippen LogP contribution in [0.1, 0.15) is 350 Å². The molecule has 0 heterocycles. The highest BCUT2D eigenvalue weighted by Gasteiger charge is 2.58. The highest BCUT2D eigenvalue weighted by Crippen LogP contribution is 2.64. The summed E-state index contributed by atoms with van der Waals surface area (Å²) in [5.74, 6) is 14.7. The molecular weight excluding hydrogens is 1890 g/mol. The standard InChI is InChI=1S/2C29H44O2.C22H22O6S.C18H15S.C17H20O.2C10H14O/c2*1-3-21(2)26-9-11-27(12-10-26)31-28(30-14-13-22-7-5-4-6-8-22)29-18-23-15-24(19-29)17-25(16-23)20-29;1-3-15(2)16-4-8-19(9-5-16)27-14-22(23)28-20-10-6-18-13-21(29(24,25)26)11-7-17(18)12-20;1-4-10-16(11-5-1)19(17-12-6-2-7-13-17)18-14-8-3-9-15-18;1-3-14(2)16-9-11-17(12-10-16)18-13-15-7-5-4-6-8-15;2*1-3-8(2)9-4-6-10(11)7-5-9/h2*9-12,21-25,28H,3-8,13-20H2,1-2H3;4-13,15H,3,14H2,1-2H3,(H,24,25,26);1-15H;4-12,14H,3,13H2,1-2H3;2*4-8,11H,3H2,1-2H3/q;;;+1;;;/p-1. The Bertz CT molecular complexity index is 5700. The van der Waals surface area contributed by atoms with Crippen molar-refractivity contribution in [3.05, 3.63) is 342 Å². The molecule has 802 valence electrons. The Labute approximate surface area is 903 Å². The van der Waals surface area contributed by atoms with Gasteiger partial charge in [0.15, 0.2) is 21.3 Å². The van der Waals surface area contributed by atoms with Gasteiger partial charge in [0.25, 0.3) is 0 Å². The van der Waals surface area contributed by atoms with Gasteiger partial charge < -0.3 is 47.9 Å². The molecule has 13 nitrogen and oxygen atoms in total. The fourth-order valence-electron chi connectivity index (χ4n) is 24.6. The van der Waals surface area contributed by atoms with E-state index in [0.29, 0.717) is 75.9 Å². The number of phenols is 2. The Morgan fingerprint density at radius 3 is 0.953 bits per heavy atom. The minimum absolute atomic E-state index is 0.0146. The summed E-state index contributed by atoms with van der Waals surface area (Å²) >= 11 is 0. The van der Waals surface area contributed by atoms with Crippen LogP contribution >= 0.6 is 0 Å². The number of hydrogen-bond acceptors (Lipinski definition) is 13. The highest BCUT2D eigenvalue weighted by molar-refractivity contribution is 7.97. The van der Waals surface area contributed by atoms with Crippen LogP contribution in [0.4, 0.5) is 0 Å². The number of fused-ring (bicyclic) bond motifs is 1. The minimum Gasteiger partial charge on any atom is -0.744 e. The third-order valence-corrected chi connectivity index (χ3v) is 37.0. The van der Waals surface area contributed by atoms with Gasteiger partial charge in [0.1, 0.15) is 57.0 Å². The lowest BCUT2D eigenvalue weighted by atomic mass is 9.49. The van der Waals surface area contributed by atoms with Crippen LogP contribution in [0.3, 0.4) is 0 Å². The van der Waals surface area contributed by atoms with E-state index >= 15 is 0 Å². The smallest absolute Gasteiger partial charge is 0.349 e. The zero-order chi connectivity index (χ0) is 106. The first-order chi connectivity index (χ1) is 72.7. The van der Waals surface area contributed by atoms with Crippen LogP contribution in [0.5, 0.6) is 40.2 Å². The van der Waals surface area contributed by atoms with Gasteiger partial charge in [-0.05, 0) is 394 Å². The molecule has 150 heavy (non-hydrogen) atoms. The van der Waals surface area contributed by atoms with Crippen LogP contribution in [0.2, 0.25) is 0 Å². The van der Waals surface area contributed by atoms with E-state index in [1.165, 1.54) is 251 Å². The minimum atomic E-state index is -4.52. The number of rotatable bonds is 37. The van der Waals surface area contributed by atoms with E-state index in [9.17, 15) is 17.8 Å². The molecule has 0 spiro atoms. The van der Waals surface area contributed by atoms with Crippen molar-refractivity contribution in [3.63, 3.8) is 0 Å². The summed E-state index contributed by atoms with van der Waals surface area (Å²) in [6.45, 7) is 28.7. The molecule has 8 unspecified atom stereocenters. The van der Waals surface area contributed by atoms with Crippen molar-refractivity contribution in [2.45, 2.75) is 350 Å². The number of carbonyl (C=O) groups is 1. The van der Waals surface area contributed by atoms with Gasteiger partial charge in [-0.1, -0.05) is 317 Å². The first kappa shape index (κ1) is 115. The summed E-state index contributed by atoms with van der Waals surface area (Å²) in [6.07, 6.45) is 40.2. The molecule has 10 aliphatic rings. The predicted molar refractivity (Wildman–Crippen MR) is 614 cm³/mol. The van der Waals surface area contributed by atoms with Crippen molar-refractivity contribution in [2.24, 2.45) is 58.2 Å². The average Bonchev–Trinajstić information content (AvgIpc) is 0.738. The van der Waals surface area contributed by atoms with Crippen molar-refractivity contribution in [1.29, 1.82) is 0 Å². The van der Waals surface area contributed by atoms with Gasteiger partial charge in [0.05, 0.1) is 29.0 Å². The Morgan fingerprint density at radius 1 is 0.347 bits per heavy atom. The zero-order valence-electron chi connectivity index (χ0n) is 91.8. The van der Waals surface area contributed by atoms with Gasteiger partial charge in [-0.15, -0.1) is 0 Å². The summed E-state index contributed by atoms with van der Waals surface area (Å²) in [6, 6.07) is 99.9. The summed E-state index contributed by atoms with van der Waals surface area (Å²) in [5.41, 5.74) is 9.74. The SMILES string of the molecule is CCC(C)c1ccc(O)cc1.CCC(C)c1ccc(O)cc1.CCC(C)c1ccc(OC(OCCC2CCCCC2)C23CC4CC(CC(C4)C2)C3)cc1.CCC(C)c1ccc(OC(OCCC2CCCCC2)C23CC4CC(CC(C4)C2)C3)cc1.CCC(C)c1ccc(OCC(=O)Oc2ccc3cc(S(=O)(=O)[O-])ccc3c2)cc1.CCC(C)c1ccc(OCc2ccccc2)cc1.c1ccc([S+](c2ccccc2)c2ccccc2)cc1. The quantitative estimate of drug-likeness (QED) is 0.0124. The van der Waals surface area contributed by atoms with E-state index in [-0.39, 0.29) is 45.8 Å². The summed E-state index contributed by atoms with van der Waals surface area (Å²) in [4.78, 5) is 15.8. The lowest BCUT2D eigenvalue weighted by Gasteiger charge is -2.58. The van der Waals surface area contributed by atoms with E-state index < -0.39 is 16.1 Å². The Hall–Kier alpha value is -10.7. The lowest BCUT2D eigenvalue weighted by Crippen LogP contribution is -2.54. The number of esters is 1. The third-order valence-electron chi connectivity index (χ3n) is 33.9. The second-order valence-corrected chi connectivity index (χ2v) is 48.4.